The van der Waals surface area contributed by atoms with Crippen LogP contribution < -0.4 is 10.6 Å². The van der Waals surface area contributed by atoms with E-state index in [0.29, 0.717) is 18.0 Å². The van der Waals surface area contributed by atoms with Crippen molar-refractivity contribution in [2.45, 2.75) is 26.8 Å². The Balaban J connectivity index is 1.67. The molecular weight excluding hydrogens is 314 g/mol. The first kappa shape index (κ1) is 16.8. The molecule has 2 N–H and O–H groups in total. The van der Waals surface area contributed by atoms with Crippen LogP contribution in [0.3, 0.4) is 0 Å². The first-order valence-corrected chi connectivity index (χ1v) is 8.29. The van der Waals surface area contributed by atoms with Gasteiger partial charge in [0.25, 0.3) is 5.91 Å². The molecule has 1 aromatic carbocycles. The Bertz CT molecular complexity index is 840. The molecule has 3 aromatic rings. The maximum absolute atomic E-state index is 12.1. The lowest BCUT2D eigenvalue weighted by Crippen LogP contribution is -2.23. The second-order valence-corrected chi connectivity index (χ2v) is 5.78. The zero-order chi connectivity index (χ0) is 17.6. The van der Waals surface area contributed by atoms with Crippen molar-refractivity contribution in [3.8, 4) is 0 Å². The molecule has 25 heavy (non-hydrogen) atoms. The fourth-order valence-corrected chi connectivity index (χ4v) is 2.62. The Morgan fingerprint density at radius 1 is 1.16 bits per heavy atom. The third-order valence-corrected chi connectivity index (χ3v) is 4.01. The summed E-state index contributed by atoms with van der Waals surface area (Å²) in [6, 6.07) is 13.4. The second-order valence-electron chi connectivity index (χ2n) is 5.78. The van der Waals surface area contributed by atoms with E-state index in [-0.39, 0.29) is 5.91 Å². The molecule has 3 rings (SSSR count). The molecule has 0 spiro atoms. The van der Waals surface area contributed by atoms with Crippen molar-refractivity contribution >= 4 is 17.3 Å². The van der Waals surface area contributed by atoms with E-state index in [2.05, 4.69) is 47.7 Å². The number of nitrogens with zero attached hydrogens (tertiary/aromatic N) is 1. The van der Waals surface area contributed by atoms with Gasteiger partial charge in [-0.05, 0) is 48.7 Å². The number of para-hydroxylation sites is 1. The van der Waals surface area contributed by atoms with E-state index < -0.39 is 0 Å². The van der Waals surface area contributed by atoms with Crippen molar-refractivity contribution in [3.05, 3.63) is 77.5 Å². The number of carbonyl (C=O) groups is 1. The normalized spacial score (nSPS) is 10.5. The Morgan fingerprint density at radius 3 is 2.72 bits per heavy atom. The minimum Gasteiger partial charge on any atom is -0.467 e. The molecule has 0 unspecified atom stereocenters. The first-order valence-electron chi connectivity index (χ1n) is 8.29. The number of furan rings is 1. The number of pyridine rings is 1. The van der Waals surface area contributed by atoms with Gasteiger partial charge in [0, 0.05) is 5.69 Å². The number of anilines is 2. The summed E-state index contributed by atoms with van der Waals surface area (Å²) < 4.78 is 5.19. The maximum atomic E-state index is 12.1. The highest BCUT2D eigenvalue weighted by Gasteiger charge is 2.09. The molecule has 0 radical (unpaired) electrons. The summed E-state index contributed by atoms with van der Waals surface area (Å²) in [5.74, 6) is 0.478. The predicted octanol–water partition coefficient (Wildman–Crippen LogP) is 4.22. The van der Waals surface area contributed by atoms with Gasteiger partial charge in [-0.1, -0.05) is 25.1 Å². The van der Waals surface area contributed by atoms with E-state index in [1.54, 1.807) is 24.6 Å². The minimum atomic E-state index is -0.229. The van der Waals surface area contributed by atoms with E-state index in [0.717, 1.165) is 17.8 Å². The van der Waals surface area contributed by atoms with Crippen molar-refractivity contribution in [2.24, 2.45) is 0 Å². The summed E-state index contributed by atoms with van der Waals surface area (Å²) >= 11 is 0. The number of hydrogen-bond donors (Lipinski definition) is 2. The van der Waals surface area contributed by atoms with Crippen LogP contribution in [-0.2, 0) is 13.0 Å². The molecule has 128 valence electrons. The number of benzene rings is 1. The average Bonchev–Trinajstić information content (AvgIpc) is 3.15. The van der Waals surface area contributed by atoms with E-state index in [1.165, 1.54) is 11.1 Å². The topological polar surface area (TPSA) is 67.2 Å². The molecule has 0 fully saturated rings. The zero-order valence-electron chi connectivity index (χ0n) is 14.4. The fraction of sp³-hybridized carbons (Fsp3) is 0.200. The fourth-order valence-electron chi connectivity index (χ4n) is 2.62. The molecule has 1 amide bonds. The lowest BCUT2D eigenvalue weighted by atomic mass is 10.1. The van der Waals surface area contributed by atoms with Gasteiger partial charge >= 0.3 is 0 Å². The van der Waals surface area contributed by atoms with Crippen LogP contribution in [0.5, 0.6) is 0 Å². The van der Waals surface area contributed by atoms with Gasteiger partial charge in [-0.2, -0.15) is 0 Å². The Morgan fingerprint density at radius 2 is 2.04 bits per heavy atom. The Kier molecular flexibility index (Phi) is 5.14. The summed E-state index contributed by atoms with van der Waals surface area (Å²) in [6.07, 6.45) is 4.20. The van der Waals surface area contributed by atoms with Crippen LogP contribution in [0.15, 0.2) is 59.3 Å². The standard InChI is InChI=1S/C20H21N3O2/c1-3-15-7-4-6-14(2)19(15)23-16-9-10-18(21-12-16)20(24)22-13-17-8-5-11-25-17/h4-12,23H,3,13H2,1-2H3,(H,22,24). The quantitative estimate of drug-likeness (QED) is 0.708. The molecule has 0 atom stereocenters. The molecule has 5 nitrogen and oxygen atoms in total. The first-order chi connectivity index (χ1) is 12.2. The monoisotopic (exact) mass is 335 g/mol. The molecule has 2 heterocycles. The van der Waals surface area contributed by atoms with Gasteiger partial charge in [-0.3, -0.25) is 4.79 Å². The summed E-state index contributed by atoms with van der Waals surface area (Å²) in [5.41, 5.74) is 4.76. The van der Waals surface area contributed by atoms with Crippen LogP contribution >= 0.6 is 0 Å². The molecule has 0 aliphatic rings. The van der Waals surface area contributed by atoms with Crippen molar-refractivity contribution in [1.82, 2.24) is 10.3 Å². The van der Waals surface area contributed by atoms with Crippen molar-refractivity contribution in [2.75, 3.05) is 5.32 Å². The second kappa shape index (κ2) is 7.66. The van der Waals surface area contributed by atoms with Crippen LogP contribution in [0.25, 0.3) is 0 Å². The molecule has 0 bridgehead atoms. The van der Waals surface area contributed by atoms with Crippen LogP contribution in [0.1, 0.15) is 34.3 Å². The number of amides is 1. The van der Waals surface area contributed by atoms with Crippen LogP contribution in [-0.4, -0.2) is 10.9 Å². The number of nitrogens with one attached hydrogen (secondary N) is 2. The van der Waals surface area contributed by atoms with Crippen LogP contribution in [0.2, 0.25) is 0 Å². The van der Waals surface area contributed by atoms with Crippen LogP contribution in [0.4, 0.5) is 11.4 Å². The predicted molar refractivity (Wildman–Crippen MR) is 98.0 cm³/mol. The van der Waals surface area contributed by atoms with Gasteiger partial charge in [0.1, 0.15) is 11.5 Å². The molecular formula is C20H21N3O2. The van der Waals surface area contributed by atoms with Crippen molar-refractivity contribution in [3.63, 3.8) is 0 Å². The minimum absolute atomic E-state index is 0.229. The number of aromatic nitrogens is 1. The number of aryl methyl sites for hydroxylation is 2. The number of carbonyl (C=O) groups excluding carboxylic acids is 1. The van der Waals surface area contributed by atoms with Gasteiger partial charge in [-0.15, -0.1) is 0 Å². The summed E-state index contributed by atoms with van der Waals surface area (Å²) in [4.78, 5) is 16.4. The third kappa shape index (κ3) is 4.07. The van der Waals surface area contributed by atoms with Gasteiger partial charge < -0.3 is 15.1 Å². The van der Waals surface area contributed by atoms with E-state index in [1.807, 2.05) is 12.1 Å². The Labute approximate surface area is 147 Å². The highest BCUT2D eigenvalue weighted by molar-refractivity contribution is 5.92. The lowest BCUT2D eigenvalue weighted by molar-refractivity contribution is 0.0943. The third-order valence-electron chi connectivity index (χ3n) is 4.01. The molecule has 0 aliphatic heterocycles. The molecule has 0 saturated heterocycles. The van der Waals surface area contributed by atoms with Crippen molar-refractivity contribution in [1.29, 1.82) is 0 Å². The SMILES string of the molecule is CCc1cccc(C)c1Nc1ccc(C(=O)NCc2ccco2)nc1. The number of hydrogen-bond acceptors (Lipinski definition) is 4. The van der Waals surface area contributed by atoms with E-state index >= 15 is 0 Å². The van der Waals surface area contributed by atoms with Gasteiger partial charge in [0.2, 0.25) is 0 Å². The van der Waals surface area contributed by atoms with E-state index in [4.69, 9.17) is 4.42 Å². The lowest BCUT2D eigenvalue weighted by Gasteiger charge is -2.14. The summed E-state index contributed by atoms with van der Waals surface area (Å²) in [5, 5.41) is 6.19. The molecule has 0 saturated carbocycles. The molecule has 0 aliphatic carbocycles. The molecule has 2 aromatic heterocycles. The largest absolute Gasteiger partial charge is 0.467 e. The summed E-state index contributed by atoms with van der Waals surface area (Å²) in [6.45, 7) is 4.55. The Hall–Kier alpha value is -3.08. The molecule has 5 heteroatoms. The van der Waals surface area contributed by atoms with Gasteiger partial charge in [-0.25, -0.2) is 4.98 Å². The van der Waals surface area contributed by atoms with E-state index in [9.17, 15) is 4.79 Å². The van der Waals surface area contributed by atoms with Crippen LogP contribution in [0, 0.1) is 6.92 Å². The highest BCUT2D eigenvalue weighted by atomic mass is 16.3. The number of rotatable bonds is 6. The van der Waals surface area contributed by atoms with Gasteiger partial charge in [0.05, 0.1) is 24.7 Å². The van der Waals surface area contributed by atoms with Crippen molar-refractivity contribution < 1.29 is 9.21 Å². The highest BCUT2D eigenvalue weighted by Crippen LogP contribution is 2.25. The van der Waals surface area contributed by atoms with Gasteiger partial charge in [0.15, 0.2) is 0 Å². The maximum Gasteiger partial charge on any atom is 0.270 e. The summed E-state index contributed by atoms with van der Waals surface area (Å²) in [7, 11) is 0. The smallest absolute Gasteiger partial charge is 0.270 e. The zero-order valence-corrected chi connectivity index (χ0v) is 14.4. The average molecular weight is 335 g/mol.